The molecule has 1 aliphatic carbocycles. The zero-order chi connectivity index (χ0) is 18.5. The number of carboxylic acids is 1. The first-order valence-electron chi connectivity index (χ1n) is 8.54. The third kappa shape index (κ3) is 4.30. The maximum absolute atomic E-state index is 12.2. The van der Waals surface area contributed by atoms with E-state index in [0.717, 1.165) is 31.2 Å². The van der Waals surface area contributed by atoms with E-state index in [2.05, 4.69) is 10.6 Å². The first kappa shape index (κ1) is 17.7. The molecule has 1 aromatic carbocycles. The van der Waals surface area contributed by atoms with Gasteiger partial charge in [-0.15, -0.1) is 0 Å². The molecule has 0 radical (unpaired) electrons. The van der Waals surface area contributed by atoms with Crippen molar-refractivity contribution < 1.29 is 23.9 Å². The molecule has 0 bridgehead atoms. The number of carbonyl (C=O) groups excluding carboxylic acids is 2. The summed E-state index contributed by atoms with van der Waals surface area (Å²) in [7, 11) is 0. The van der Waals surface area contributed by atoms with Crippen molar-refractivity contribution in [3.8, 4) is 0 Å². The Morgan fingerprint density at radius 2 is 1.81 bits per heavy atom. The largest absolute Gasteiger partial charge is 0.475 e. The van der Waals surface area contributed by atoms with Gasteiger partial charge in [-0.05, 0) is 42.7 Å². The third-order valence-electron chi connectivity index (χ3n) is 4.41. The number of hydrogen-bond acceptors (Lipinski definition) is 4. The molecule has 1 saturated carbocycles. The van der Waals surface area contributed by atoms with Crippen LogP contribution in [0.1, 0.15) is 52.4 Å². The molecule has 0 aliphatic heterocycles. The van der Waals surface area contributed by atoms with Crippen LogP contribution in [-0.4, -0.2) is 22.9 Å². The average Bonchev–Trinajstić information content (AvgIpc) is 3.31. The van der Waals surface area contributed by atoms with E-state index in [1.54, 1.807) is 12.1 Å². The zero-order valence-electron chi connectivity index (χ0n) is 14.2. The van der Waals surface area contributed by atoms with Gasteiger partial charge in [0.1, 0.15) is 0 Å². The van der Waals surface area contributed by atoms with Gasteiger partial charge in [-0.3, -0.25) is 9.59 Å². The van der Waals surface area contributed by atoms with Gasteiger partial charge in [-0.25, -0.2) is 4.79 Å². The van der Waals surface area contributed by atoms with Crippen molar-refractivity contribution in [1.82, 2.24) is 5.32 Å². The van der Waals surface area contributed by atoms with Crippen molar-refractivity contribution in [2.75, 3.05) is 5.32 Å². The molecular formula is C19H20N2O5. The Labute approximate surface area is 150 Å². The monoisotopic (exact) mass is 356 g/mol. The minimum atomic E-state index is -1.23. The van der Waals surface area contributed by atoms with Gasteiger partial charge in [-0.2, -0.15) is 0 Å². The Balaban J connectivity index is 1.56. The lowest BCUT2D eigenvalue weighted by molar-refractivity contribution is -0.119. The van der Waals surface area contributed by atoms with Crippen LogP contribution in [0.5, 0.6) is 0 Å². The Hall–Kier alpha value is -3.09. The summed E-state index contributed by atoms with van der Waals surface area (Å²) < 4.78 is 4.96. The Morgan fingerprint density at radius 1 is 1.08 bits per heavy atom. The van der Waals surface area contributed by atoms with E-state index in [4.69, 9.17) is 9.52 Å². The Bertz CT molecular complexity index is 821. The molecule has 2 aromatic rings. The number of benzene rings is 1. The van der Waals surface area contributed by atoms with E-state index in [0.29, 0.717) is 5.69 Å². The molecule has 1 heterocycles. The first-order valence-corrected chi connectivity index (χ1v) is 8.54. The molecular weight excluding hydrogens is 336 g/mol. The molecule has 3 N–H and O–H groups in total. The lowest BCUT2D eigenvalue weighted by atomic mass is 10.1. The van der Waals surface area contributed by atoms with E-state index in [1.807, 2.05) is 12.1 Å². The highest BCUT2D eigenvalue weighted by atomic mass is 16.4. The van der Waals surface area contributed by atoms with Gasteiger partial charge < -0.3 is 20.2 Å². The van der Waals surface area contributed by atoms with Gasteiger partial charge >= 0.3 is 5.97 Å². The van der Waals surface area contributed by atoms with E-state index in [-0.39, 0.29) is 29.9 Å². The van der Waals surface area contributed by atoms with Gasteiger partial charge in [0.15, 0.2) is 5.76 Å². The Kier molecular flexibility index (Phi) is 5.36. The van der Waals surface area contributed by atoms with Crippen LogP contribution in [0.2, 0.25) is 0 Å². The lowest BCUT2D eigenvalue weighted by Gasteiger charge is -2.11. The van der Waals surface area contributed by atoms with Crippen molar-refractivity contribution in [3.63, 3.8) is 0 Å². The van der Waals surface area contributed by atoms with Crippen LogP contribution in [0.25, 0.3) is 0 Å². The van der Waals surface area contributed by atoms with Crippen LogP contribution in [0.3, 0.4) is 0 Å². The molecule has 0 unspecified atom stereocenters. The number of carboxylic acid groups (broad SMARTS) is 1. The van der Waals surface area contributed by atoms with Crippen molar-refractivity contribution in [3.05, 3.63) is 53.5 Å². The second-order valence-electron chi connectivity index (χ2n) is 6.32. The first-order chi connectivity index (χ1) is 12.5. The molecule has 2 amide bonds. The summed E-state index contributed by atoms with van der Waals surface area (Å²) in [4.78, 5) is 35.0. The number of furan rings is 1. The second kappa shape index (κ2) is 7.86. The fourth-order valence-corrected chi connectivity index (χ4v) is 3.04. The average molecular weight is 356 g/mol. The predicted molar refractivity (Wildman–Crippen MR) is 93.9 cm³/mol. The normalized spacial score (nSPS) is 14.2. The summed E-state index contributed by atoms with van der Waals surface area (Å²) in [6.07, 6.45) is 4.06. The minimum Gasteiger partial charge on any atom is -0.475 e. The van der Waals surface area contributed by atoms with Gasteiger partial charge in [0, 0.05) is 18.2 Å². The summed E-state index contributed by atoms with van der Waals surface area (Å²) in [5.74, 6) is -1.95. The van der Waals surface area contributed by atoms with Crippen LogP contribution >= 0.6 is 0 Å². The van der Waals surface area contributed by atoms with E-state index in [9.17, 15) is 14.4 Å². The van der Waals surface area contributed by atoms with Gasteiger partial charge in [0.25, 0.3) is 5.91 Å². The maximum Gasteiger partial charge on any atom is 0.371 e. The second-order valence-corrected chi connectivity index (χ2v) is 6.32. The summed E-state index contributed by atoms with van der Waals surface area (Å²) >= 11 is 0. The van der Waals surface area contributed by atoms with E-state index < -0.39 is 11.9 Å². The molecule has 26 heavy (non-hydrogen) atoms. The maximum atomic E-state index is 12.2. The molecule has 1 aliphatic rings. The number of anilines is 1. The Morgan fingerprint density at radius 3 is 2.50 bits per heavy atom. The molecule has 7 nitrogen and oxygen atoms in total. The van der Waals surface area contributed by atoms with Crippen molar-refractivity contribution >= 4 is 23.5 Å². The van der Waals surface area contributed by atoms with Crippen LogP contribution in [-0.2, 0) is 11.3 Å². The minimum absolute atomic E-state index is 0.0421. The van der Waals surface area contributed by atoms with Gasteiger partial charge in [-0.1, -0.05) is 25.0 Å². The topological polar surface area (TPSA) is 109 Å². The molecule has 0 saturated heterocycles. The van der Waals surface area contributed by atoms with Crippen molar-refractivity contribution in [2.45, 2.75) is 32.2 Å². The summed E-state index contributed by atoms with van der Waals surface area (Å²) in [5, 5.41) is 14.4. The molecule has 136 valence electrons. The fraction of sp³-hybridized carbons (Fsp3) is 0.316. The molecule has 1 aromatic heterocycles. The van der Waals surface area contributed by atoms with Gasteiger partial charge in [0.2, 0.25) is 11.7 Å². The summed E-state index contributed by atoms with van der Waals surface area (Å²) in [5.41, 5.74) is 1.51. The highest BCUT2D eigenvalue weighted by Crippen LogP contribution is 2.26. The van der Waals surface area contributed by atoms with Gasteiger partial charge in [0.05, 0.1) is 0 Å². The SMILES string of the molecule is O=C(O)c1ccc(C(=O)NCc2cccc(NC(=O)C3CCCC3)c2)o1. The van der Waals surface area contributed by atoms with Crippen LogP contribution in [0.15, 0.2) is 40.8 Å². The number of amides is 2. The zero-order valence-corrected chi connectivity index (χ0v) is 14.2. The standard InChI is InChI=1S/C19H20N2O5/c22-17(13-5-1-2-6-13)21-14-7-3-4-12(10-14)11-20-18(23)15-8-9-16(26-15)19(24)25/h3-4,7-10,13H,1-2,5-6,11H2,(H,20,23)(H,21,22)(H,24,25). The van der Waals surface area contributed by atoms with Crippen LogP contribution in [0, 0.1) is 5.92 Å². The fourth-order valence-electron chi connectivity index (χ4n) is 3.04. The predicted octanol–water partition coefficient (Wildman–Crippen LogP) is 3.04. The molecule has 0 atom stereocenters. The number of nitrogens with one attached hydrogen (secondary N) is 2. The lowest BCUT2D eigenvalue weighted by Crippen LogP contribution is -2.23. The quantitative estimate of drug-likeness (QED) is 0.737. The summed E-state index contributed by atoms with van der Waals surface area (Å²) in [6.45, 7) is 0.231. The molecule has 7 heteroatoms. The highest BCUT2D eigenvalue weighted by Gasteiger charge is 2.22. The highest BCUT2D eigenvalue weighted by molar-refractivity contribution is 5.94. The summed E-state index contributed by atoms with van der Waals surface area (Å²) in [6, 6.07) is 9.80. The number of hydrogen-bond donors (Lipinski definition) is 3. The number of rotatable bonds is 6. The molecule has 0 spiro atoms. The van der Waals surface area contributed by atoms with E-state index in [1.165, 1.54) is 12.1 Å². The van der Waals surface area contributed by atoms with Crippen LogP contribution in [0.4, 0.5) is 5.69 Å². The van der Waals surface area contributed by atoms with Crippen molar-refractivity contribution in [1.29, 1.82) is 0 Å². The van der Waals surface area contributed by atoms with Crippen molar-refractivity contribution in [2.24, 2.45) is 5.92 Å². The molecule has 1 fully saturated rings. The number of aromatic carboxylic acids is 1. The van der Waals surface area contributed by atoms with Crippen LogP contribution < -0.4 is 10.6 Å². The third-order valence-corrected chi connectivity index (χ3v) is 4.41. The van der Waals surface area contributed by atoms with E-state index >= 15 is 0 Å². The number of carbonyl (C=O) groups is 3. The smallest absolute Gasteiger partial charge is 0.371 e. The molecule has 3 rings (SSSR count).